The molecule has 0 radical (unpaired) electrons. The average Bonchev–Trinajstić information content (AvgIpc) is 2.69. The lowest BCUT2D eigenvalue weighted by atomic mass is 9.43. The van der Waals surface area contributed by atoms with E-state index in [1.807, 2.05) is 6.92 Å². The molecule has 154 valence electrons. The smallest absolute Gasteiger partial charge is 0.171 e. The van der Waals surface area contributed by atoms with Crippen molar-refractivity contribution in [2.24, 2.45) is 22.2 Å². The van der Waals surface area contributed by atoms with Gasteiger partial charge >= 0.3 is 0 Å². The summed E-state index contributed by atoms with van der Waals surface area (Å²) < 4.78 is 0. The van der Waals surface area contributed by atoms with Gasteiger partial charge in [-0.15, -0.1) is 0 Å². The van der Waals surface area contributed by atoms with Gasteiger partial charge in [0, 0.05) is 11.5 Å². The highest BCUT2D eigenvalue weighted by Crippen LogP contribution is 2.69. The molecule has 1 aromatic rings. The number of Topliss-reactive ketones (excluding diaryl/α,β-unsaturated/α-hetero) is 1. The van der Waals surface area contributed by atoms with E-state index in [-0.39, 0.29) is 33.7 Å². The first-order valence-corrected chi connectivity index (χ1v) is 10.2. The molecule has 0 aliphatic heterocycles. The van der Waals surface area contributed by atoms with Crippen LogP contribution >= 0.6 is 0 Å². The van der Waals surface area contributed by atoms with Gasteiger partial charge < -0.3 is 15.3 Å². The predicted molar refractivity (Wildman–Crippen MR) is 107 cm³/mol. The van der Waals surface area contributed by atoms with Gasteiger partial charge in [-0.2, -0.15) is 0 Å². The molecule has 2 saturated carbocycles. The molecular weight excluding hydrogens is 356 g/mol. The third-order valence-corrected chi connectivity index (χ3v) is 8.48. The number of carbonyl (C=O) groups is 2. The second-order valence-electron chi connectivity index (χ2n) is 9.98. The summed E-state index contributed by atoms with van der Waals surface area (Å²) in [6.07, 6.45) is 4.88. The maximum Gasteiger partial charge on any atom is 0.171 e. The van der Waals surface area contributed by atoms with Gasteiger partial charge in [0.15, 0.2) is 17.8 Å². The van der Waals surface area contributed by atoms with Gasteiger partial charge in [0.25, 0.3) is 0 Å². The number of phenolic OH excluding ortho intramolecular Hbond substituents is 3. The summed E-state index contributed by atoms with van der Waals surface area (Å²) in [4.78, 5) is 25.0. The highest BCUT2D eigenvalue weighted by Gasteiger charge is 2.62. The van der Waals surface area contributed by atoms with Crippen LogP contribution in [0.15, 0.2) is 6.07 Å². The molecule has 3 rings (SSSR count). The Balaban J connectivity index is 2.33. The Hall–Kier alpha value is -2.04. The van der Waals surface area contributed by atoms with Crippen molar-refractivity contribution in [1.82, 2.24) is 0 Å². The van der Waals surface area contributed by atoms with Crippen molar-refractivity contribution in [3.05, 3.63) is 17.2 Å². The minimum atomic E-state index is -0.653. The number of hydrogen-bond donors (Lipinski definition) is 3. The van der Waals surface area contributed by atoms with Crippen LogP contribution in [0.4, 0.5) is 0 Å². The lowest BCUT2D eigenvalue weighted by Gasteiger charge is -2.61. The Bertz CT molecular complexity index is 827. The number of benzene rings is 1. The number of rotatable bonds is 2. The highest BCUT2D eigenvalue weighted by atomic mass is 16.3. The van der Waals surface area contributed by atoms with E-state index < -0.39 is 28.6 Å². The van der Waals surface area contributed by atoms with Crippen molar-refractivity contribution in [2.45, 2.75) is 72.6 Å². The molecule has 1 unspecified atom stereocenters. The molecule has 4 atom stereocenters. The van der Waals surface area contributed by atoms with Gasteiger partial charge in [0.05, 0.1) is 5.92 Å². The number of ketones is 1. The zero-order valence-electron chi connectivity index (χ0n) is 17.5. The summed E-state index contributed by atoms with van der Waals surface area (Å²) in [5, 5.41) is 31.0. The van der Waals surface area contributed by atoms with Crippen LogP contribution in [0.25, 0.3) is 0 Å². The molecule has 2 fully saturated rings. The SMILES string of the molecule is C[C@@H]1CC[C@@]2(C)C(C)(C)CCC[C@]2(C)C(c2cc(O)c(O)c(C=O)c2O)C1=O. The minimum absolute atomic E-state index is 0.00463. The summed E-state index contributed by atoms with van der Waals surface area (Å²) in [7, 11) is 0. The maximum atomic E-state index is 13.6. The van der Waals surface area contributed by atoms with Gasteiger partial charge in [-0.1, -0.05) is 41.0 Å². The second kappa shape index (κ2) is 6.50. The van der Waals surface area contributed by atoms with Crippen LogP contribution in [-0.2, 0) is 4.79 Å². The summed E-state index contributed by atoms with van der Waals surface area (Å²) in [6, 6.07) is 1.27. The predicted octanol–water partition coefficient (Wildman–Crippen LogP) is 4.92. The van der Waals surface area contributed by atoms with Crippen molar-refractivity contribution in [1.29, 1.82) is 0 Å². The molecule has 0 bridgehead atoms. The van der Waals surface area contributed by atoms with Crippen LogP contribution < -0.4 is 0 Å². The zero-order chi connectivity index (χ0) is 21.1. The van der Waals surface area contributed by atoms with Gasteiger partial charge in [-0.05, 0) is 48.0 Å². The molecule has 5 heteroatoms. The molecule has 3 N–H and O–H groups in total. The molecule has 1 aromatic carbocycles. The van der Waals surface area contributed by atoms with E-state index in [0.29, 0.717) is 6.29 Å². The van der Waals surface area contributed by atoms with Crippen LogP contribution in [-0.4, -0.2) is 27.4 Å². The summed E-state index contributed by atoms with van der Waals surface area (Å²) in [5.74, 6) is -2.34. The fourth-order valence-electron chi connectivity index (χ4n) is 6.07. The Labute approximate surface area is 166 Å². The Morgan fingerprint density at radius 1 is 1.04 bits per heavy atom. The molecular formula is C23H32O5. The number of aromatic hydroxyl groups is 3. The summed E-state index contributed by atoms with van der Waals surface area (Å²) in [5.41, 5.74) is -0.713. The first-order chi connectivity index (χ1) is 12.9. The van der Waals surface area contributed by atoms with E-state index >= 15 is 0 Å². The number of aldehydes is 1. The highest BCUT2D eigenvalue weighted by molar-refractivity contribution is 5.93. The van der Waals surface area contributed by atoms with E-state index in [2.05, 4.69) is 27.7 Å². The quantitative estimate of drug-likeness (QED) is 0.380. The van der Waals surface area contributed by atoms with Crippen LogP contribution in [0.1, 0.15) is 88.6 Å². The van der Waals surface area contributed by atoms with E-state index in [0.717, 1.165) is 32.1 Å². The standard InChI is InChI=1S/C23H32O5/c1-13-7-10-23(5)21(2,3)8-6-9-22(23,4)17(18(13)26)14-11-16(25)20(28)15(12-24)19(14)27/h11-13,17,25,27-28H,6-10H2,1-5H3/t13-,17?,22-,23+/m1/s1. The Morgan fingerprint density at radius 3 is 2.29 bits per heavy atom. The molecule has 2 aliphatic carbocycles. The number of carbonyl (C=O) groups excluding carboxylic acids is 2. The first kappa shape index (κ1) is 20.7. The van der Waals surface area contributed by atoms with Crippen LogP contribution in [0.2, 0.25) is 0 Å². The van der Waals surface area contributed by atoms with Crippen molar-refractivity contribution in [3.8, 4) is 17.2 Å². The molecule has 0 spiro atoms. The van der Waals surface area contributed by atoms with Gasteiger partial charge in [-0.3, -0.25) is 9.59 Å². The first-order valence-electron chi connectivity index (χ1n) is 10.2. The van der Waals surface area contributed by atoms with Gasteiger partial charge in [0.1, 0.15) is 17.1 Å². The molecule has 0 heterocycles. The van der Waals surface area contributed by atoms with Crippen molar-refractivity contribution < 1.29 is 24.9 Å². The fourth-order valence-corrected chi connectivity index (χ4v) is 6.07. The molecule has 0 saturated heterocycles. The molecule has 5 nitrogen and oxygen atoms in total. The lowest BCUT2D eigenvalue weighted by molar-refractivity contribution is -0.136. The van der Waals surface area contributed by atoms with E-state index in [1.54, 1.807) is 0 Å². The van der Waals surface area contributed by atoms with E-state index in [1.165, 1.54) is 6.07 Å². The van der Waals surface area contributed by atoms with Crippen molar-refractivity contribution in [2.75, 3.05) is 0 Å². The molecule has 0 aromatic heterocycles. The third-order valence-electron chi connectivity index (χ3n) is 8.48. The zero-order valence-corrected chi connectivity index (χ0v) is 17.5. The lowest BCUT2D eigenvalue weighted by Crippen LogP contribution is -2.54. The van der Waals surface area contributed by atoms with Gasteiger partial charge in [-0.25, -0.2) is 0 Å². The molecule has 28 heavy (non-hydrogen) atoms. The maximum absolute atomic E-state index is 13.6. The molecule has 2 aliphatic rings. The van der Waals surface area contributed by atoms with Gasteiger partial charge in [0.2, 0.25) is 0 Å². The van der Waals surface area contributed by atoms with Crippen LogP contribution in [0.3, 0.4) is 0 Å². The van der Waals surface area contributed by atoms with Crippen LogP contribution in [0.5, 0.6) is 17.2 Å². The molecule has 0 amide bonds. The topological polar surface area (TPSA) is 94.8 Å². The average molecular weight is 389 g/mol. The van der Waals surface area contributed by atoms with Crippen molar-refractivity contribution in [3.63, 3.8) is 0 Å². The Kier molecular flexibility index (Phi) is 4.80. The number of phenols is 3. The summed E-state index contributed by atoms with van der Waals surface area (Å²) in [6.45, 7) is 10.8. The minimum Gasteiger partial charge on any atom is -0.507 e. The Morgan fingerprint density at radius 2 is 1.68 bits per heavy atom. The number of fused-ring (bicyclic) bond motifs is 1. The van der Waals surface area contributed by atoms with E-state index in [4.69, 9.17) is 0 Å². The third kappa shape index (κ3) is 2.58. The normalized spacial score (nSPS) is 35.1. The largest absolute Gasteiger partial charge is 0.507 e. The van der Waals surface area contributed by atoms with E-state index in [9.17, 15) is 24.9 Å². The second-order valence-corrected chi connectivity index (χ2v) is 9.98. The van der Waals surface area contributed by atoms with Crippen molar-refractivity contribution >= 4 is 12.1 Å². The number of hydrogen-bond acceptors (Lipinski definition) is 5. The monoisotopic (exact) mass is 388 g/mol. The summed E-state index contributed by atoms with van der Waals surface area (Å²) >= 11 is 0. The fraction of sp³-hybridized carbons (Fsp3) is 0.652. The van der Waals surface area contributed by atoms with Crippen LogP contribution in [0, 0.1) is 22.2 Å².